The van der Waals surface area contributed by atoms with Crippen molar-refractivity contribution in [2.75, 3.05) is 6.61 Å². The van der Waals surface area contributed by atoms with Crippen molar-refractivity contribution < 1.29 is 13.5 Å². The number of aliphatic hydroxyl groups excluding tert-OH is 1. The quantitative estimate of drug-likeness (QED) is 0.468. The summed E-state index contributed by atoms with van der Waals surface area (Å²) in [6.07, 6.45) is 14.3. The van der Waals surface area contributed by atoms with Crippen molar-refractivity contribution in [2.24, 2.45) is 0 Å². The molecule has 0 aromatic carbocycles. The standard InChI is InChI=1S/C16H30O3S/c1-2-15-12-13-16(20(15,18)19)11-9-7-5-3-4-6-8-10-14-17/h12-13,15-17H,2-11,14H2,1H3. The van der Waals surface area contributed by atoms with Crippen molar-refractivity contribution in [3.63, 3.8) is 0 Å². The van der Waals surface area contributed by atoms with Gasteiger partial charge in [-0.3, -0.25) is 0 Å². The fourth-order valence-corrected chi connectivity index (χ4v) is 4.87. The Kier molecular flexibility index (Phi) is 8.46. The van der Waals surface area contributed by atoms with Crippen LogP contribution in [0.1, 0.15) is 71.1 Å². The third kappa shape index (κ3) is 5.57. The molecule has 2 unspecified atom stereocenters. The molecule has 1 N–H and O–H groups in total. The van der Waals surface area contributed by atoms with Crippen LogP contribution in [-0.4, -0.2) is 30.6 Å². The van der Waals surface area contributed by atoms with Crippen LogP contribution in [0.2, 0.25) is 0 Å². The molecule has 0 saturated carbocycles. The molecule has 1 aliphatic rings. The summed E-state index contributed by atoms with van der Waals surface area (Å²) >= 11 is 0. The summed E-state index contributed by atoms with van der Waals surface area (Å²) in [5.41, 5.74) is 0. The Labute approximate surface area is 124 Å². The van der Waals surface area contributed by atoms with Crippen LogP contribution < -0.4 is 0 Å². The lowest BCUT2D eigenvalue weighted by molar-refractivity contribution is 0.282. The molecule has 1 heterocycles. The van der Waals surface area contributed by atoms with Crippen LogP contribution in [-0.2, 0) is 9.84 Å². The minimum absolute atomic E-state index is 0.225. The molecule has 20 heavy (non-hydrogen) atoms. The second-order valence-electron chi connectivity index (χ2n) is 5.80. The molecule has 0 aromatic rings. The highest BCUT2D eigenvalue weighted by atomic mass is 32.2. The van der Waals surface area contributed by atoms with Crippen molar-refractivity contribution in [2.45, 2.75) is 81.6 Å². The number of hydrogen-bond acceptors (Lipinski definition) is 3. The Hall–Kier alpha value is -0.350. The largest absolute Gasteiger partial charge is 0.396 e. The fraction of sp³-hybridized carbons (Fsp3) is 0.875. The summed E-state index contributed by atoms with van der Waals surface area (Å²) in [6.45, 7) is 2.24. The molecule has 0 saturated heterocycles. The van der Waals surface area contributed by atoms with Gasteiger partial charge in [-0.1, -0.05) is 64.0 Å². The number of unbranched alkanes of at least 4 members (excludes halogenated alkanes) is 7. The Morgan fingerprint density at radius 2 is 1.35 bits per heavy atom. The van der Waals surface area contributed by atoms with E-state index in [0.29, 0.717) is 13.0 Å². The first-order valence-corrected chi connectivity index (χ1v) is 9.75. The smallest absolute Gasteiger partial charge is 0.163 e. The van der Waals surface area contributed by atoms with Gasteiger partial charge in [0, 0.05) is 6.61 Å². The van der Waals surface area contributed by atoms with Gasteiger partial charge in [-0.15, -0.1) is 0 Å². The van der Waals surface area contributed by atoms with Crippen LogP contribution in [0.25, 0.3) is 0 Å². The predicted octanol–water partition coefficient (Wildman–Crippen LogP) is 3.62. The van der Waals surface area contributed by atoms with Crippen molar-refractivity contribution in [3.8, 4) is 0 Å². The highest BCUT2D eigenvalue weighted by Gasteiger charge is 2.34. The van der Waals surface area contributed by atoms with Gasteiger partial charge < -0.3 is 5.11 Å². The zero-order valence-corrected chi connectivity index (χ0v) is 13.6. The molecule has 2 atom stereocenters. The van der Waals surface area contributed by atoms with Crippen LogP contribution in [0.3, 0.4) is 0 Å². The first-order valence-electron chi connectivity index (χ1n) is 8.14. The van der Waals surface area contributed by atoms with E-state index in [2.05, 4.69) is 0 Å². The Balaban J connectivity index is 2.04. The van der Waals surface area contributed by atoms with E-state index in [1.807, 2.05) is 19.1 Å². The average Bonchev–Trinajstić information content (AvgIpc) is 2.71. The zero-order valence-electron chi connectivity index (χ0n) is 12.8. The molecular weight excluding hydrogens is 272 g/mol. The van der Waals surface area contributed by atoms with Crippen LogP contribution in [0.4, 0.5) is 0 Å². The average molecular weight is 302 g/mol. The van der Waals surface area contributed by atoms with E-state index in [9.17, 15) is 8.42 Å². The normalized spacial score (nSPS) is 24.3. The summed E-state index contributed by atoms with van der Waals surface area (Å²) in [6, 6.07) is 0. The van der Waals surface area contributed by atoms with Crippen LogP contribution in [0.15, 0.2) is 12.2 Å². The summed E-state index contributed by atoms with van der Waals surface area (Å²) in [7, 11) is -2.92. The van der Waals surface area contributed by atoms with Gasteiger partial charge in [-0.2, -0.15) is 0 Å². The van der Waals surface area contributed by atoms with Crippen molar-refractivity contribution in [3.05, 3.63) is 12.2 Å². The number of aliphatic hydroxyl groups is 1. The van der Waals surface area contributed by atoms with E-state index in [4.69, 9.17) is 5.11 Å². The summed E-state index contributed by atoms with van der Waals surface area (Å²) in [5.74, 6) is 0. The molecular formula is C16H30O3S. The highest BCUT2D eigenvalue weighted by Crippen LogP contribution is 2.26. The molecule has 0 aliphatic carbocycles. The Morgan fingerprint density at radius 3 is 1.85 bits per heavy atom. The van der Waals surface area contributed by atoms with E-state index >= 15 is 0 Å². The summed E-state index contributed by atoms with van der Waals surface area (Å²) in [4.78, 5) is 0. The first-order chi connectivity index (χ1) is 9.62. The van der Waals surface area contributed by atoms with E-state index in [-0.39, 0.29) is 10.5 Å². The van der Waals surface area contributed by atoms with Crippen molar-refractivity contribution in [1.82, 2.24) is 0 Å². The molecule has 4 heteroatoms. The monoisotopic (exact) mass is 302 g/mol. The van der Waals surface area contributed by atoms with Gasteiger partial charge in [0.25, 0.3) is 0 Å². The molecule has 0 amide bonds. The molecule has 3 nitrogen and oxygen atoms in total. The van der Waals surface area contributed by atoms with E-state index in [0.717, 1.165) is 32.1 Å². The lowest BCUT2D eigenvalue weighted by Gasteiger charge is -2.12. The third-order valence-electron chi connectivity index (χ3n) is 4.18. The van der Waals surface area contributed by atoms with Crippen LogP contribution in [0, 0.1) is 0 Å². The second kappa shape index (κ2) is 9.56. The maximum Gasteiger partial charge on any atom is 0.163 e. The Bertz CT molecular complexity index is 373. The van der Waals surface area contributed by atoms with Crippen molar-refractivity contribution in [1.29, 1.82) is 0 Å². The molecule has 1 aliphatic heterocycles. The first kappa shape index (κ1) is 17.7. The van der Waals surface area contributed by atoms with E-state index in [1.165, 1.54) is 25.7 Å². The predicted molar refractivity (Wildman–Crippen MR) is 84.6 cm³/mol. The van der Waals surface area contributed by atoms with Gasteiger partial charge in [0.2, 0.25) is 0 Å². The van der Waals surface area contributed by atoms with Gasteiger partial charge in [-0.25, -0.2) is 8.42 Å². The van der Waals surface area contributed by atoms with Crippen LogP contribution in [0.5, 0.6) is 0 Å². The number of hydrogen-bond donors (Lipinski definition) is 1. The van der Waals surface area contributed by atoms with Gasteiger partial charge in [0.1, 0.15) is 0 Å². The molecule has 118 valence electrons. The maximum atomic E-state index is 12.1. The molecule has 0 fully saturated rings. The van der Waals surface area contributed by atoms with E-state index < -0.39 is 9.84 Å². The highest BCUT2D eigenvalue weighted by molar-refractivity contribution is 7.93. The molecule has 0 bridgehead atoms. The molecule has 0 aromatic heterocycles. The molecule has 0 radical (unpaired) electrons. The zero-order chi connectivity index (χ0) is 14.8. The van der Waals surface area contributed by atoms with Gasteiger partial charge >= 0.3 is 0 Å². The van der Waals surface area contributed by atoms with Crippen LogP contribution >= 0.6 is 0 Å². The minimum Gasteiger partial charge on any atom is -0.396 e. The molecule has 1 rings (SSSR count). The Morgan fingerprint density at radius 1 is 0.850 bits per heavy atom. The second-order valence-corrected chi connectivity index (χ2v) is 8.19. The third-order valence-corrected chi connectivity index (χ3v) is 6.75. The van der Waals surface area contributed by atoms with Gasteiger partial charge in [0.15, 0.2) is 9.84 Å². The molecule has 0 spiro atoms. The lowest BCUT2D eigenvalue weighted by Crippen LogP contribution is -2.23. The topological polar surface area (TPSA) is 54.4 Å². The van der Waals surface area contributed by atoms with Crippen molar-refractivity contribution >= 4 is 9.84 Å². The van der Waals surface area contributed by atoms with Gasteiger partial charge in [0.05, 0.1) is 10.5 Å². The maximum absolute atomic E-state index is 12.1. The van der Waals surface area contributed by atoms with Gasteiger partial charge in [-0.05, 0) is 19.3 Å². The summed E-state index contributed by atoms with van der Waals surface area (Å²) < 4.78 is 24.2. The summed E-state index contributed by atoms with van der Waals surface area (Å²) in [5, 5.41) is 8.20. The number of sulfone groups is 1. The number of rotatable bonds is 11. The van der Waals surface area contributed by atoms with E-state index in [1.54, 1.807) is 0 Å². The lowest BCUT2D eigenvalue weighted by atomic mass is 10.1. The minimum atomic E-state index is -2.92. The fourth-order valence-electron chi connectivity index (χ4n) is 2.84. The SMILES string of the molecule is CCC1C=CC(CCCCCCCCCCO)S1(=O)=O.